The fraction of sp³-hybridized carbons (Fsp3) is 0.500. The van der Waals surface area contributed by atoms with Crippen molar-refractivity contribution in [2.75, 3.05) is 11.4 Å². The van der Waals surface area contributed by atoms with Gasteiger partial charge in [0, 0.05) is 24.3 Å². The molecule has 1 aliphatic heterocycles. The molecule has 0 saturated carbocycles. The molecule has 1 amide bonds. The van der Waals surface area contributed by atoms with Crippen LogP contribution >= 0.6 is 0 Å². The third-order valence-electron chi connectivity index (χ3n) is 3.82. The highest BCUT2D eigenvalue weighted by Gasteiger charge is 2.36. The molecule has 1 aliphatic rings. The SMILES string of the molecule is CC1CC(N)CCN1c1ccc(C(N)=O)c(C(F)(F)F)c1. The first kappa shape index (κ1) is 15.6. The number of rotatable bonds is 2. The van der Waals surface area contributed by atoms with E-state index in [0.29, 0.717) is 12.2 Å². The Kier molecular flexibility index (Phi) is 4.13. The highest BCUT2D eigenvalue weighted by Crippen LogP contribution is 2.35. The molecule has 1 heterocycles. The van der Waals surface area contributed by atoms with Gasteiger partial charge in [-0.15, -0.1) is 0 Å². The molecule has 2 atom stereocenters. The number of carbonyl (C=O) groups excluding carboxylic acids is 1. The number of anilines is 1. The molecule has 2 unspecified atom stereocenters. The molecule has 0 radical (unpaired) electrons. The van der Waals surface area contributed by atoms with Gasteiger partial charge in [0.1, 0.15) is 0 Å². The van der Waals surface area contributed by atoms with Crippen LogP contribution in [0.15, 0.2) is 18.2 Å². The predicted octanol–water partition coefficient (Wildman–Crippen LogP) is 2.12. The number of piperidine rings is 1. The highest BCUT2D eigenvalue weighted by atomic mass is 19.4. The van der Waals surface area contributed by atoms with Crippen LogP contribution in [0.5, 0.6) is 0 Å². The van der Waals surface area contributed by atoms with Crippen LogP contribution in [0.4, 0.5) is 18.9 Å². The Morgan fingerprint density at radius 2 is 2.05 bits per heavy atom. The number of alkyl halides is 3. The summed E-state index contributed by atoms with van der Waals surface area (Å²) in [6.45, 7) is 2.52. The van der Waals surface area contributed by atoms with Gasteiger partial charge in [0.15, 0.2) is 0 Å². The van der Waals surface area contributed by atoms with Crippen LogP contribution in [0.2, 0.25) is 0 Å². The number of nitrogens with two attached hydrogens (primary N) is 2. The van der Waals surface area contributed by atoms with Crippen molar-refractivity contribution in [2.45, 2.75) is 38.0 Å². The van der Waals surface area contributed by atoms with Crippen LogP contribution in [0.25, 0.3) is 0 Å². The summed E-state index contributed by atoms with van der Waals surface area (Å²) >= 11 is 0. The van der Waals surface area contributed by atoms with Crippen molar-refractivity contribution < 1.29 is 18.0 Å². The van der Waals surface area contributed by atoms with E-state index in [-0.39, 0.29) is 12.1 Å². The van der Waals surface area contributed by atoms with E-state index in [1.54, 1.807) is 0 Å². The molecular formula is C14H18F3N3O. The van der Waals surface area contributed by atoms with Crippen LogP contribution in [-0.2, 0) is 6.18 Å². The molecule has 7 heteroatoms. The van der Waals surface area contributed by atoms with Gasteiger partial charge >= 0.3 is 6.18 Å². The Bertz CT molecular complexity index is 545. The number of hydrogen-bond acceptors (Lipinski definition) is 3. The molecule has 116 valence electrons. The number of amides is 1. The first-order valence-electron chi connectivity index (χ1n) is 6.73. The number of hydrogen-bond donors (Lipinski definition) is 2. The minimum Gasteiger partial charge on any atom is -0.369 e. The minimum absolute atomic E-state index is 0.0502. The maximum Gasteiger partial charge on any atom is 0.417 e. The molecule has 1 aromatic carbocycles. The monoisotopic (exact) mass is 301 g/mol. The summed E-state index contributed by atoms with van der Waals surface area (Å²) in [5.41, 5.74) is 9.82. The molecule has 2 rings (SSSR count). The Balaban J connectivity index is 2.40. The summed E-state index contributed by atoms with van der Waals surface area (Å²) in [5.74, 6) is -1.08. The fourth-order valence-electron chi connectivity index (χ4n) is 2.75. The maximum absolute atomic E-state index is 13.1. The minimum atomic E-state index is -4.62. The van der Waals surface area contributed by atoms with Crippen molar-refractivity contribution in [3.63, 3.8) is 0 Å². The zero-order valence-electron chi connectivity index (χ0n) is 11.7. The van der Waals surface area contributed by atoms with Gasteiger partial charge < -0.3 is 16.4 Å². The van der Waals surface area contributed by atoms with Crippen molar-refractivity contribution in [3.05, 3.63) is 29.3 Å². The molecule has 21 heavy (non-hydrogen) atoms. The number of primary amides is 1. The summed E-state index contributed by atoms with van der Waals surface area (Å²) in [6, 6.07) is 3.76. The highest BCUT2D eigenvalue weighted by molar-refractivity contribution is 5.95. The van der Waals surface area contributed by atoms with E-state index in [0.717, 1.165) is 25.0 Å². The van der Waals surface area contributed by atoms with E-state index in [1.165, 1.54) is 6.07 Å². The zero-order chi connectivity index (χ0) is 15.8. The third-order valence-corrected chi connectivity index (χ3v) is 3.82. The van der Waals surface area contributed by atoms with E-state index < -0.39 is 23.2 Å². The molecule has 1 fully saturated rings. The Morgan fingerprint density at radius 1 is 1.38 bits per heavy atom. The largest absolute Gasteiger partial charge is 0.417 e. The smallest absolute Gasteiger partial charge is 0.369 e. The lowest BCUT2D eigenvalue weighted by Gasteiger charge is -2.38. The lowest BCUT2D eigenvalue weighted by Crippen LogP contribution is -2.45. The van der Waals surface area contributed by atoms with Crippen LogP contribution in [-0.4, -0.2) is 24.5 Å². The second kappa shape index (κ2) is 5.55. The zero-order valence-corrected chi connectivity index (χ0v) is 11.7. The van der Waals surface area contributed by atoms with Crippen LogP contribution in [0, 0.1) is 0 Å². The van der Waals surface area contributed by atoms with Gasteiger partial charge in [-0.05, 0) is 38.0 Å². The van der Waals surface area contributed by atoms with Gasteiger partial charge in [0.2, 0.25) is 5.91 Å². The Labute approximate surface area is 120 Å². The van der Waals surface area contributed by atoms with Crippen molar-refractivity contribution in [1.29, 1.82) is 0 Å². The van der Waals surface area contributed by atoms with Crippen LogP contribution in [0.1, 0.15) is 35.7 Å². The van der Waals surface area contributed by atoms with E-state index in [2.05, 4.69) is 0 Å². The van der Waals surface area contributed by atoms with Gasteiger partial charge in [0.25, 0.3) is 0 Å². The molecule has 4 N–H and O–H groups in total. The molecule has 0 aromatic heterocycles. The van der Waals surface area contributed by atoms with E-state index in [9.17, 15) is 18.0 Å². The lowest BCUT2D eigenvalue weighted by molar-refractivity contribution is -0.137. The van der Waals surface area contributed by atoms with Crippen LogP contribution < -0.4 is 16.4 Å². The van der Waals surface area contributed by atoms with E-state index in [1.807, 2.05) is 11.8 Å². The molecule has 4 nitrogen and oxygen atoms in total. The van der Waals surface area contributed by atoms with Gasteiger partial charge in [-0.1, -0.05) is 0 Å². The van der Waals surface area contributed by atoms with E-state index >= 15 is 0 Å². The van der Waals surface area contributed by atoms with Crippen molar-refractivity contribution in [1.82, 2.24) is 0 Å². The van der Waals surface area contributed by atoms with Gasteiger partial charge in [-0.25, -0.2) is 0 Å². The Hall–Kier alpha value is -1.76. The molecule has 0 spiro atoms. The molecule has 0 aliphatic carbocycles. The lowest BCUT2D eigenvalue weighted by atomic mass is 9.97. The summed E-state index contributed by atoms with van der Waals surface area (Å²) in [7, 11) is 0. The predicted molar refractivity (Wildman–Crippen MR) is 74.0 cm³/mol. The second-order valence-corrected chi connectivity index (χ2v) is 5.42. The first-order chi connectivity index (χ1) is 9.70. The average Bonchev–Trinajstić information content (AvgIpc) is 2.37. The summed E-state index contributed by atoms with van der Waals surface area (Å²) in [4.78, 5) is 13.0. The van der Waals surface area contributed by atoms with Gasteiger partial charge in [-0.2, -0.15) is 13.2 Å². The maximum atomic E-state index is 13.1. The van der Waals surface area contributed by atoms with Crippen LogP contribution in [0.3, 0.4) is 0 Å². The quantitative estimate of drug-likeness (QED) is 0.879. The normalized spacial score (nSPS) is 23.2. The Morgan fingerprint density at radius 3 is 2.57 bits per heavy atom. The number of benzene rings is 1. The van der Waals surface area contributed by atoms with E-state index in [4.69, 9.17) is 11.5 Å². The summed E-state index contributed by atoms with van der Waals surface area (Å²) < 4.78 is 39.2. The number of halogens is 3. The first-order valence-corrected chi connectivity index (χ1v) is 6.73. The van der Waals surface area contributed by atoms with Gasteiger partial charge in [-0.3, -0.25) is 4.79 Å². The second-order valence-electron chi connectivity index (χ2n) is 5.42. The average molecular weight is 301 g/mol. The molecule has 1 saturated heterocycles. The standard InChI is InChI=1S/C14H18F3N3O/c1-8-6-9(18)4-5-20(8)10-2-3-11(13(19)21)12(7-10)14(15,16)17/h2-3,7-9H,4-6,18H2,1H3,(H2,19,21). The summed E-state index contributed by atoms with van der Waals surface area (Å²) in [5, 5.41) is 0. The van der Waals surface area contributed by atoms with Crippen molar-refractivity contribution in [2.24, 2.45) is 11.5 Å². The molecule has 1 aromatic rings. The fourth-order valence-corrected chi connectivity index (χ4v) is 2.75. The van der Waals surface area contributed by atoms with Gasteiger partial charge in [0.05, 0.1) is 11.1 Å². The van der Waals surface area contributed by atoms with Crippen molar-refractivity contribution in [3.8, 4) is 0 Å². The number of nitrogens with zero attached hydrogens (tertiary/aromatic N) is 1. The topological polar surface area (TPSA) is 72.3 Å². The number of carbonyl (C=O) groups is 1. The third kappa shape index (κ3) is 3.29. The molecule has 0 bridgehead atoms. The van der Waals surface area contributed by atoms with Crippen molar-refractivity contribution >= 4 is 11.6 Å². The molecular weight excluding hydrogens is 283 g/mol. The summed E-state index contributed by atoms with van der Waals surface area (Å²) in [6.07, 6.45) is -3.17.